The van der Waals surface area contributed by atoms with Crippen LogP contribution in [0.25, 0.3) is 11.4 Å². The van der Waals surface area contributed by atoms with E-state index in [1.54, 1.807) is 6.20 Å². The fourth-order valence-corrected chi connectivity index (χ4v) is 2.62. The first kappa shape index (κ1) is 15.4. The number of hydrogen-bond acceptors (Lipinski definition) is 4. The van der Waals surface area contributed by atoms with Gasteiger partial charge in [-0.1, -0.05) is 20.8 Å². The molecule has 0 spiro atoms. The molecule has 0 atom stereocenters. The van der Waals surface area contributed by atoms with Crippen LogP contribution in [0.5, 0.6) is 0 Å². The Morgan fingerprint density at radius 1 is 1.19 bits per heavy atom. The molecule has 4 nitrogen and oxygen atoms in total. The highest BCUT2D eigenvalue weighted by atomic mass is 15.0. The van der Waals surface area contributed by atoms with Gasteiger partial charge in [0, 0.05) is 35.8 Å². The molecule has 0 radical (unpaired) electrons. The molecule has 2 aromatic heterocycles. The topological polar surface area (TPSA) is 50.7 Å². The molecule has 21 heavy (non-hydrogen) atoms. The number of nitrogens with zero attached hydrogens (tertiary/aromatic N) is 3. The molecule has 0 fully saturated rings. The number of hydrogen-bond donors (Lipinski definition) is 1. The standard InChI is InChI=1S/C17H24N4/c1-6-13-10-18-9-8-14(13)16-20-12(5)15(11(3)4)17(21-16)19-7-2/h8-11H,6-7H2,1-5H3,(H,19,20,21). The Morgan fingerprint density at radius 2 is 1.95 bits per heavy atom. The monoisotopic (exact) mass is 284 g/mol. The number of anilines is 1. The van der Waals surface area contributed by atoms with E-state index in [9.17, 15) is 0 Å². The summed E-state index contributed by atoms with van der Waals surface area (Å²) in [6.45, 7) is 11.5. The zero-order chi connectivity index (χ0) is 15.4. The van der Waals surface area contributed by atoms with Crippen molar-refractivity contribution in [1.29, 1.82) is 0 Å². The van der Waals surface area contributed by atoms with Gasteiger partial charge < -0.3 is 5.32 Å². The quantitative estimate of drug-likeness (QED) is 0.902. The van der Waals surface area contributed by atoms with Crippen molar-refractivity contribution in [3.63, 3.8) is 0 Å². The van der Waals surface area contributed by atoms with E-state index in [0.29, 0.717) is 5.92 Å². The molecule has 0 saturated heterocycles. The summed E-state index contributed by atoms with van der Waals surface area (Å²) in [5.41, 5.74) is 4.50. The van der Waals surface area contributed by atoms with Crippen LogP contribution >= 0.6 is 0 Å². The van der Waals surface area contributed by atoms with Gasteiger partial charge in [0.2, 0.25) is 0 Å². The lowest BCUT2D eigenvalue weighted by atomic mass is 10.0. The number of pyridine rings is 1. The van der Waals surface area contributed by atoms with Crippen molar-refractivity contribution in [3.8, 4) is 11.4 Å². The average molecular weight is 284 g/mol. The summed E-state index contributed by atoms with van der Waals surface area (Å²) >= 11 is 0. The van der Waals surface area contributed by atoms with E-state index in [4.69, 9.17) is 9.97 Å². The maximum atomic E-state index is 4.77. The summed E-state index contributed by atoms with van der Waals surface area (Å²) in [5.74, 6) is 2.14. The van der Waals surface area contributed by atoms with Crippen LogP contribution in [0.1, 0.15) is 50.4 Å². The van der Waals surface area contributed by atoms with Crippen LogP contribution in [0.15, 0.2) is 18.5 Å². The van der Waals surface area contributed by atoms with Gasteiger partial charge in [-0.05, 0) is 37.8 Å². The molecule has 1 N–H and O–H groups in total. The van der Waals surface area contributed by atoms with Crippen molar-refractivity contribution >= 4 is 5.82 Å². The Labute approximate surface area is 127 Å². The second-order valence-corrected chi connectivity index (χ2v) is 5.47. The van der Waals surface area contributed by atoms with Crippen molar-refractivity contribution in [1.82, 2.24) is 15.0 Å². The number of rotatable bonds is 5. The van der Waals surface area contributed by atoms with Crippen LogP contribution < -0.4 is 5.32 Å². The molecule has 4 heteroatoms. The highest BCUT2D eigenvalue weighted by Crippen LogP contribution is 2.29. The Hall–Kier alpha value is -1.97. The van der Waals surface area contributed by atoms with Crippen molar-refractivity contribution < 1.29 is 0 Å². The molecule has 0 amide bonds. The Morgan fingerprint density at radius 3 is 2.57 bits per heavy atom. The van der Waals surface area contributed by atoms with E-state index in [-0.39, 0.29) is 0 Å². The molecule has 0 aliphatic heterocycles. The molecule has 0 aliphatic rings. The van der Waals surface area contributed by atoms with E-state index >= 15 is 0 Å². The van der Waals surface area contributed by atoms with Crippen molar-refractivity contribution in [3.05, 3.63) is 35.3 Å². The minimum absolute atomic E-state index is 0.399. The number of nitrogens with one attached hydrogen (secondary N) is 1. The van der Waals surface area contributed by atoms with E-state index in [0.717, 1.165) is 35.9 Å². The van der Waals surface area contributed by atoms with Crippen LogP contribution in [0.3, 0.4) is 0 Å². The maximum absolute atomic E-state index is 4.77. The summed E-state index contributed by atoms with van der Waals surface area (Å²) in [5, 5.41) is 3.38. The van der Waals surface area contributed by atoms with Gasteiger partial charge in [-0.3, -0.25) is 4.98 Å². The minimum atomic E-state index is 0.399. The third-order valence-corrected chi connectivity index (χ3v) is 3.58. The highest BCUT2D eigenvalue weighted by molar-refractivity contribution is 5.63. The molecule has 0 unspecified atom stereocenters. The molecular formula is C17H24N4. The summed E-state index contributed by atoms with van der Waals surface area (Å²) in [4.78, 5) is 13.7. The smallest absolute Gasteiger partial charge is 0.162 e. The van der Waals surface area contributed by atoms with Gasteiger partial charge in [0.1, 0.15) is 5.82 Å². The van der Waals surface area contributed by atoms with Crippen molar-refractivity contribution in [2.45, 2.75) is 47.0 Å². The second-order valence-electron chi connectivity index (χ2n) is 5.47. The molecule has 2 rings (SSSR count). The lowest BCUT2D eigenvalue weighted by Gasteiger charge is -2.17. The summed E-state index contributed by atoms with van der Waals surface area (Å²) in [7, 11) is 0. The molecule has 2 aromatic rings. The van der Waals surface area contributed by atoms with Crippen LogP contribution in [-0.4, -0.2) is 21.5 Å². The first-order valence-electron chi connectivity index (χ1n) is 7.64. The van der Waals surface area contributed by atoms with Gasteiger partial charge in [-0.25, -0.2) is 9.97 Å². The Kier molecular flexibility index (Phi) is 4.89. The molecule has 0 saturated carbocycles. The first-order valence-corrected chi connectivity index (χ1v) is 7.64. The van der Waals surface area contributed by atoms with Crippen LogP contribution in [-0.2, 0) is 6.42 Å². The molecule has 2 heterocycles. The van der Waals surface area contributed by atoms with Crippen molar-refractivity contribution in [2.24, 2.45) is 0 Å². The van der Waals surface area contributed by atoms with E-state index in [1.165, 1.54) is 11.1 Å². The van der Waals surface area contributed by atoms with Gasteiger partial charge in [-0.2, -0.15) is 0 Å². The van der Waals surface area contributed by atoms with E-state index in [2.05, 4.69) is 44.9 Å². The average Bonchev–Trinajstić information content (AvgIpc) is 2.46. The Bertz CT molecular complexity index is 620. The lowest BCUT2D eigenvalue weighted by Crippen LogP contribution is -2.10. The third-order valence-electron chi connectivity index (χ3n) is 3.58. The zero-order valence-electron chi connectivity index (χ0n) is 13.6. The summed E-state index contributed by atoms with van der Waals surface area (Å²) < 4.78 is 0. The zero-order valence-corrected chi connectivity index (χ0v) is 13.6. The minimum Gasteiger partial charge on any atom is -0.370 e. The SMILES string of the molecule is CCNc1nc(-c2ccncc2CC)nc(C)c1C(C)C. The molecule has 0 aromatic carbocycles. The molecule has 0 aliphatic carbocycles. The predicted octanol–water partition coefficient (Wildman–Crippen LogP) is 3.96. The van der Waals surface area contributed by atoms with Crippen LogP contribution in [0, 0.1) is 6.92 Å². The first-order chi connectivity index (χ1) is 10.1. The molecular weight excluding hydrogens is 260 g/mol. The van der Waals surface area contributed by atoms with Gasteiger partial charge in [0.15, 0.2) is 5.82 Å². The summed E-state index contributed by atoms with van der Waals surface area (Å²) in [6.07, 6.45) is 4.63. The Balaban J connectivity index is 2.60. The highest BCUT2D eigenvalue weighted by Gasteiger charge is 2.16. The number of aromatic nitrogens is 3. The lowest BCUT2D eigenvalue weighted by molar-refractivity contribution is 0.830. The summed E-state index contributed by atoms with van der Waals surface area (Å²) in [6, 6.07) is 2.00. The second kappa shape index (κ2) is 6.66. The van der Waals surface area contributed by atoms with Gasteiger partial charge in [-0.15, -0.1) is 0 Å². The maximum Gasteiger partial charge on any atom is 0.162 e. The fourth-order valence-electron chi connectivity index (χ4n) is 2.62. The number of aryl methyl sites for hydroxylation is 2. The van der Waals surface area contributed by atoms with Gasteiger partial charge >= 0.3 is 0 Å². The molecule has 0 bridgehead atoms. The largest absolute Gasteiger partial charge is 0.370 e. The predicted molar refractivity (Wildman–Crippen MR) is 87.6 cm³/mol. The van der Waals surface area contributed by atoms with Gasteiger partial charge in [0.05, 0.1) is 0 Å². The molecule has 112 valence electrons. The van der Waals surface area contributed by atoms with Crippen molar-refractivity contribution in [2.75, 3.05) is 11.9 Å². The fraction of sp³-hybridized carbons (Fsp3) is 0.471. The van der Waals surface area contributed by atoms with E-state index in [1.807, 2.05) is 12.3 Å². The normalized spacial score (nSPS) is 11.0. The van der Waals surface area contributed by atoms with E-state index < -0.39 is 0 Å². The third kappa shape index (κ3) is 3.20. The van der Waals surface area contributed by atoms with Crippen LogP contribution in [0.4, 0.5) is 5.82 Å². The van der Waals surface area contributed by atoms with Crippen LogP contribution in [0.2, 0.25) is 0 Å². The van der Waals surface area contributed by atoms with Gasteiger partial charge in [0.25, 0.3) is 0 Å².